The highest BCUT2D eigenvalue weighted by Gasteiger charge is 2.62. The van der Waals surface area contributed by atoms with Crippen LogP contribution in [0.4, 0.5) is 0 Å². The third-order valence-electron chi connectivity index (χ3n) is 7.22. The molecule has 4 rings (SSSR count). The van der Waals surface area contributed by atoms with Gasteiger partial charge in [-0.3, -0.25) is 24.2 Å². The summed E-state index contributed by atoms with van der Waals surface area (Å²) >= 11 is 0. The molecule has 0 aromatic heterocycles. The lowest BCUT2D eigenvalue weighted by Gasteiger charge is -2.59. The van der Waals surface area contributed by atoms with Crippen molar-refractivity contribution in [3.05, 3.63) is 71.8 Å². The van der Waals surface area contributed by atoms with Gasteiger partial charge >= 0.3 is 11.9 Å². The minimum absolute atomic E-state index is 0.0325. The van der Waals surface area contributed by atoms with Crippen molar-refractivity contribution in [1.29, 1.82) is 0 Å². The number of fused-ring (bicyclic) bond motifs is 2. The van der Waals surface area contributed by atoms with Gasteiger partial charge in [-0.05, 0) is 25.0 Å². The van der Waals surface area contributed by atoms with Gasteiger partial charge in [-0.15, -0.1) is 0 Å². The first-order chi connectivity index (χ1) is 15.2. The Bertz CT molecular complexity index is 930. The van der Waals surface area contributed by atoms with Crippen LogP contribution in [-0.4, -0.2) is 76.0 Å². The summed E-state index contributed by atoms with van der Waals surface area (Å²) in [6, 6.07) is 17.2. The Balaban J connectivity index is 1.95. The molecule has 2 saturated heterocycles. The molecule has 2 heterocycles. The SMILES string of the molecule is C[C@H](C(=O)O)N1CC2(c3ccccc3)CN([C@H](C)C(=O)O)CC(c3ccccc3)(C1)C2=O. The molecule has 0 unspecified atom stereocenters. The Morgan fingerprint density at radius 1 is 0.719 bits per heavy atom. The predicted octanol–water partition coefficient (Wildman–Crippen LogP) is 2.01. The molecule has 0 spiro atoms. The molecule has 7 nitrogen and oxygen atoms in total. The topological polar surface area (TPSA) is 98.2 Å². The van der Waals surface area contributed by atoms with Crippen molar-refractivity contribution in [2.24, 2.45) is 0 Å². The summed E-state index contributed by atoms with van der Waals surface area (Å²) in [7, 11) is 0. The number of hydrogen-bond acceptors (Lipinski definition) is 5. The summed E-state index contributed by atoms with van der Waals surface area (Å²) in [5.41, 5.74) is -0.507. The number of likely N-dealkylation sites (tertiary alicyclic amines) is 2. The molecular formula is C25H28N2O5. The summed E-state index contributed by atoms with van der Waals surface area (Å²) < 4.78 is 0. The Kier molecular flexibility index (Phi) is 5.65. The van der Waals surface area contributed by atoms with Crippen molar-refractivity contribution in [1.82, 2.24) is 9.80 Å². The van der Waals surface area contributed by atoms with Gasteiger partial charge in [0.05, 0.1) is 10.8 Å². The molecular weight excluding hydrogens is 408 g/mol. The van der Waals surface area contributed by atoms with E-state index < -0.39 is 34.9 Å². The highest BCUT2D eigenvalue weighted by atomic mass is 16.4. The third kappa shape index (κ3) is 3.42. The summed E-state index contributed by atoms with van der Waals surface area (Å²) in [4.78, 5) is 42.0. The number of carboxylic acid groups (broad SMARTS) is 2. The maximum Gasteiger partial charge on any atom is 0.320 e. The molecule has 2 N–H and O–H groups in total. The fraction of sp³-hybridized carbons (Fsp3) is 0.400. The van der Waals surface area contributed by atoms with Crippen molar-refractivity contribution in [2.75, 3.05) is 26.2 Å². The zero-order valence-electron chi connectivity index (χ0n) is 18.3. The van der Waals surface area contributed by atoms with Gasteiger partial charge in [0.1, 0.15) is 12.1 Å². The number of carbonyl (C=O) groups is 3. The van der Waals surface area contributed by atoms with Crippen LogP contribution >= 0.6 is 0 Å². The fourth-order valence-electron chi connectivity index (χ4n) is 5.35. The van der Waals surface area contributed by atoms with Crippen LogP contribution in [0.25, 0.3) is 0 Å². The van der Waals surface area contributed by atoms with E-state index >= 15 is 0 Å². The van der Waals surface area contributed by atoms with Gasteiger partial charge in [0.15, 0.2) is 5.78 Å². The molecule has 2 aliphatic heterocycles. The van der Waals surface area contributed by atoms with E-state index in [9.17, 15) is 24.6 Å². The Hall–Kier alpha value is -3.03. The van der Waals surface area contributed by atoms with Crippen LogP contribution in [0, 0.1) is 0 Å². The van der Waals surface area contributed by atoms with E-state index in [4.69, 9.17) is 0 Å². The van der Waals surface area contributed by atoms with Gasteiger partial charge in [0.25, 0.3) is 0 Å². The zero-order valence-corrected chi connectivity index (χ0v) is 18.3. The Labute approximate surface area is 187 Å². The molecule has 0 radical (unpaired) electrons. The number of hydrogen-bond donors (Lipinski definition) is 2. The van der Waals surface area contributed by atoms with Crippen molar-refractivity contribution < 1.29 is 24.6 Å². The molecule has 2 aromatic rings. The van der Waals surface area contributed by atoms with E-state index in [-0.39, 0.29) is 32.0 Å². The minimum Gasteiger partial charge on any atom is -0.480 e. The van der Waals surface area contributed by atoms with Gasteiger partial charge in [-0.2, -0.15) is 0 Å². The average Bonchev–Trinajstić information content (AvgIpc) is 2.79. The second kappa shape index (κ2) is 8.15. The highest BCUT2D eigenvalue weighted by molar-refractivity contribution is 6.02. The van der Waals surface area contributed by atoms with Gasteiger partial charge in [-0.1, -0.05) is 60.7 Å². The number of rotatable bonds is 6. The molecule has 32 heavy (non-hydrogen) atoms. The number of nitrogens with zero attached hydrogens (tertiary/aromatic N) is 2. The van der Waals surface area contributed by atoms with E-state index in [0.717, 1.165) is 11.1 Å². The first kappa shape index (κ1) is 22.2. The van der Waals surface area contributed by atoms with Gasteiger partial charge in [0.2, 0.25) is 0 Å². The van der Waals surface area contributed by atoms with Crippen molar-refractivity contribution >= 4 is 17.7 Å². The molecule has 0 saturated carbocycles. The molecule has 2 atom stereocenters. The minimum atomic E-state index is -1.04. The van der Waals surface area contributed by atoms with Crippen LogP contribution in [0.3, 0.4) is 0 Å². The van der Waals surface area contributed by atoms with Crippen molar-refractivity contribution in [2.45, 2.75) is 36.8 Å². The molecule has 2 fully saturated rings. The van der Waals surface area contributed by atoms with Crippen LogP contribution in [-0.2, 0) is 25.2 Å². The lowest BCUT2D eigenvalue weighted by atomic mass is 9.57. The summed E-state index contributed by atoms with van der Waals surface area (Å²) in [6.45, 7) is 4.18. The molecule has 2 bridgehead atoms. The largest absolute Gasteiger partial charge is 0.480 e. The van der Waals surface area contributed by atoms with E-state index in [1.54, 1.807) is 13.8 Å². The second-order valence-electron chi connectivity index (χ2n) is 9.06. The number of Topliss-reactive ketones (excluding diaryl/α,β-unsaturated/α-hetero) is 1. The monoisotopic (exact) mass is 436 g/mol. The normalized spacial score (nSPS) is 28.1. The van der Waals surface area contributed by atoms with Crippen molar-refractivity contribution in [3.63, 3.8) is 0 Å². The second-order valence-corrected chi connectivity index (χ2v) is 9.06. The summed E-state index contributed by atoms with van der Waals surface area (Å²) in [5.74, 6) is -1.86. The maximum absolute atomic E-state index is 14.4. The van der Waals surface area contributed by atoms with Crippen LogP contribution in [0.15, 0.2) is 60.7 Å². The smallest absolute Gasteiger partial charge is 0.320 e. The highest BCUT2D eigenvalue weighted by Crippen LogP contribution is 2.47. The molecule has 0 amide bonds. The standard InChI is InChI=1S/C25H28N2O5/c1-17(21(28)29)26-13-24(19-9-5-3-6-10-19)15-27(18(2)22(30)31)16-25(14-26,23(24)32)20-11-7-4-8-12-20/h3-12,17-18H,13-16H2,1-2H3,(H,28,29)(H,30,31)/t17-,18-,24?,25?/m1/s1. The number of carboxylic acids is 2. The average molecular weight is 437 g/mol. The van der Waals surface area contributed by atoms with E-state index in [0.29, 0.717) is 0 Å². The fourth-order valence-corrected chi connectivity index (χ4v) is 5.35. The zero-order chi connectivity index (χ0) is 23.1. The van der Waals surface area contributed by atoms with E-state index in [1.165, 1.54) is 0 Å². The van der Waals surface area contributed by atoms with Gasteiger partial charge < -0.3 is 10.2 Å². The van der Waals surface area contributed by atoms with Gasteiger partial charge in [0, 0.05) is 26.2 Å². The van der Waals surface area contributed by atoms with E-state index in [2.05, 4.69) is 0 Å². The first-order valence-corrected chi connectivity index (χ1v) is 10.8. The lowest BCUT2D eigenvalue weighted by Crippen LogP contribution is -2.75. The van der Waals surface area contributed by atoms with E-state index in [1.807, 2.05) is 70.5 Å². The Morgan fingerprint density at radius 3 is 1.31 bits per heavy atom. The first-order valence-electron chi connectivity index (χ1n) is 10.8. The molecule has 0 aliphatic carbocycles. The van der Waals surface area contributed by atoms with Crippen molar-refractivity contribution in [3.8, 4) is 0 Å². The number of piperidine rings is 2. The number of carbonyl (C=O) groups excluding carboxylic acids is 1. The number of ketones is 1. The predicted molar refractivity (Wildman–Crippen MR) is 119 cm³/mol. The van der Waals surface area contributed by atoms with Crippen LogP contribution in [0.5, 0.6) is 0 Å². The molecule has 2 aliphatic rings. The Morgan fingerprint density at radius 2 is 1.03 bits per heavy atom. The van der Waals surface area contributed by atoms with Crippen LogP contribution < -0.4 is 0 Å². The van der Waals surface area contributed by atoms with Gasteiger partial charge in [-0.25, -0.2) is 0 Å². The number of aliphatic carboxylic acids is 2. The molecule has 2 aromatic carbocycles. The third-order valence-corrected chi connectivity index (χ3v) is 7.22. The quantitative estimate of drug-likeness (QED) is 0.715. The maximum atomic E-state index is 14.4. The summed E-state index contributed by atoms with van der Waals surface area (Å²) in [5, 5.41) is 19.5. The van der Waals surface area contributed by atoms with Crippen LogP contribution in [0.1, 0.15) is 25.0 Å². The molecule has 7 heteroatoms. The number of benzene rings is 2. The molecule has 168 valence electrons. The van der Waals surface area contributed by atoms with Crippen LogP contribution in [0.2, 0.25) is 0 Å². The lowest BCUT2D eigenvalue weighted by molar-refractivity contribution is -0.158. The summed E-state index contributed by atoms with van der Waals surface area (Å²) in [6.07, 6.45) is 0.